The molecule has 1 aliphatic carbocycles. The van der Waals surface area contributed by atoms with Crippen molar-refractivity contribution in [3.8, 4) is 11.3 Å². The number of benzene rings is 3. The Balaban J connectivity index is 1.32. The van der Waals surface area contributed by atoms with E-state index in [2.05, 4.69) is 48.0 Å². The smallest absolute Gasteiger partial charge is 0.265 e. The highest BCUT2D eigenvalue weighted by Gasteiger charge is 2.45. The van der Waals surface area contributed by atoms with Gasteiger partial charge in [0.1, 0.15) is 0 Å². The molecule has 11 heteroatoms. The van der Waals surface area contributed by atoms with E-state index in [-0.39, 0.29) is 28.9 Å². The highest BCUT2D eigenvalue weighted by Crippen LogP contribution is 2.45. The summed E-state index contributed by atoms with van der Waals surface area (Å²) in [7, 11) is 0. The number of alkyl halides is 3. The van der Waals surface area contributed by atoms with Crippen molar-refractivity contribution < 1.29 is 18.0 Å². The fourth-order valence-electron chi connectivity index (χ4n) is 6.51. The molecule has 0 spiro atoms. The Bertz CT molecular complexity index is 2070. The van der Waals surface area contributed by atoms with Crippen LogP contribution in [0.2, 0.25) is 0 Å². The van der Waals surface area contributed by atoms with Crippen LogP contribution in [-0.2, 0) is 6.18 Å². The minimum Gasteiger partial charge on any atom is -0.265 e. The van der Waals surface area contributed by atoms with Gasteiger partial charge in [0, 0.05) is 26.5 Å². The van der Waals surface area contributed by atoms with Crippen molar-refractivity contribution >= 4 is 55.2 Å². The van der Waals surface area contributed by atoms with Gasteiger partial charge in [-0.1, -0.05) is 94.2 Å². The summed E-state index contributed by atoms with van der Waals surface area (Å²) in [5, 5.41) is 10.5. The largest absolute Gasteiger partial charge is 0.433 e. The zero-order valence-corrected chi connectivity index (χ0v) is 29.2. The Morgan fingerprint density at radius 3 is 2.25 bits per heavy atom. The fourth-order valence-corrected chi connectivity index (χ4v) is 7.03. The van der Waals surface area contributed by atoms with Crippen molar-refractivity contribution in [2.24, 2.45) is 11.0 Å². The van der Waals surface area contributed by atoms with Gasteiger partial charge in [0.05, 0.1) is 17.4 Å². The SMILES string of the molecule is CC(C)c1ccc(-c2cc(C(F)(F)F)n3nc(C(=O)N4N=C5/C(=C/c6ccc(Br)cc6)CCC[C@H]5[C@@H]4c4ccc(Br)cc4)cc3n2)cc1. The first-order valence-electron chi connectivity index (χ1n) is 15.7. The Hall–Kier alpha value is -4.09. The third-order valence-corrected chi connectivity index (χ3v) is 10.00. The third kappa shape index (κ3) is 6.25. The second kappa shape index (κ2) is 12.7. The molecule has 244 valence electrons. The average molecular weight is 777 g/mol. The predicted octanol–water partition coefficient (Wildman–Crippen LogP) is 10.5. The van der Waals surface area contributed by atoms with E-state index in [1.165, 1.54) is 11.1 Å². The molecular formula is C37H30Br2F3N5O. The summed E-state index contributed by atoms with van der Waals surface area (Å²) in [6, 6.07) is 24.9. The second-order valence-electron chi connectivity index (χ2n) is 12.5. The first-order chi connectivity index (χ1) is 23.0. The van der Waals surface area contributed by atoms with E-state index >= 15 is 0 Å². The van der Waals surface area contributed by atoms with E-state index in [4.69, 9.17) is 5.10 Å². The van der Waals surface area contributed by atoms with Gasteiger partial charge < -0.3 is 0 Å². The molecule has 5 aromatic rings. The maximum Gasteiger partial charge on any atom is 0.433 e. The maximum absolute atomic E-state index is 14.4. The fraction of sp³-hybridized carbons (Fsp3) is 0.243. The average Bonchev–Trinajstić information content (AvgIpc) is 3.68. The van der Waals surface area contributed by atoms with Crippen LogP contribution >= 0.6 is 31.9 Å². The number of amides is 1. The van der Waals surface area contributed by atoms with Crippen molar-refractivity contribution in [2.75, 3.05) is 0 Å². The van der Waals surface area contributed by atoms with Crippen LogP contribution in [-0.4, -0.2) is 31.2 Å². The normalized spacial score (nSPS) is 18.9. The number of hydrogen-bond donors (Lipinski definition) is 0. The molecule has 7 rings (SSSR count). The van der Waals surface area contributed by atoms with Crippen molar-refractivity contribution in [1.29, 1.82) is 0 Å². The molecule has 2 aromatic heterocycles. The van der Waals surface area contributed by atoms with Gasteiger partial charge in [-0.3, -0.25) is 4.79 Å². The van der Waals surface area contributed by atoms with Crippen LogP contribution in [0.3, 0.4) is 0 Å². The lowest BCUT2D eigenvalue weighted by Crippen LogP contribution is -2.32. The zero-order chi connectivity index (χ0) is 33.7. The van der Waals surface area contributed by atoms with E-state index in [1.54, 1.807) is 12.1 Å². The van der Waals surface area contributed by atoms with Crippen LogP contribution in [0.25, 0.3) is 23.0 Å². The number of hydrogen-bond acceptors (Lipinski definition) is 4. The summed E-state index contributed by atoms with van der Waals surface area (Å²) in [5.41, 5.74) is 4.25. The lowest BCUT2D eigenvalue weighted by molar-refractivity contribution is -0.142. The summed E-state index contributed by atoms with van der Waals surface area (Å²) >= 11 is 6.98. The number of rotatable bonds is 5. The molecule has 1 saturated carbocycles. The Morgan fingerprint density at radius 1 is 0.938 bits per heavy atom. The summed E-state index contributed by atoms with van der Waals surface area (Å²) in [5.74, 6) is -0.406. The molecule has 1 aliphatic heterocycles. The topological polar surface area (TPSA) is 62.9 Å². The minimum absolute atomic E-state index is 0.0728. The van der Waals surface area contributed by atoms with E-state index < -0.39 is 23.8 Å². The van der Waals surface area contributed by atoms with Gasteiger partial charge in [-0.25, -0.2) is 14.5 Å². The van der Waals surface area contributed by atoms with Gasteiger partial charge in [-0.2, -0.15) is 23.4 Å². The highest BCUT2D eigenvalue weighted by atomic mass is 79.9. The van der Waals surface area contributed by atoms with Gasteiger partial charge in [0.2, 0.25) is 0 Å². The molecule has 3 aromatic carbocycles. The van der Waals surface area contributed by atoms with Gasteiger partial charge >= 0.3 is 6.18 Å². The van der Waals surface area contributed by atoms with Crippen LogP contribution in [0, 0.1) is 5.92 Å². The number of carbonyl (C=O) groups excluding carboxylic acids is 1. The molecule has 0 unspecified atom stereocenters. The predicted molar refractivity (Wildman–Crippen MR) is 187 cm³/mol. The van der Waals surface area contributed by atoms with Crippen LogP contribution < -0.4 is 0 Å². The van der Waals surface area contributed by atoms with Gasteiger partial charge in [0.15, 0.2) is 17.0 Å². The molecule has 6 nitrogen and oxygen atoms in total. The lowest BCUT2D eigenvalue weighted by atomic mass is 9.77. The van der Waals surface area contributed by atoms with Crippen molar-refractivity contribution in [1.82, 2.24) is 19.6 Å². The molecule has 0 bridgehead atoms. The van der Waals surface area contributed by atoms with Crippen LogP contribution in [0.4, 0.5) is 13.2 Å². The standard InChI is InChI=1S/C37H30Br2F3N5O/c1-21(2)23-8-10-24(11-9-23)30-19-32(37(40,41)42)46-33(43-30)20-31(44-46)36(48)47-35(25-12-16-28(39)17-13-25)29-5-3-4-26(34(29)45-47)18-22-6-14-27(38)15-7-22/h6-21,29,35H,3-5H2,1-2H3/b26-18+/t29-,35+/m1/s1. The van der Waals surface area contributed by atoms with Crippen molar-refractivity contribution in [3.05, 3.63) is 128 Å². The molecular weight excluding hydrogens is 747 g/mol. The first kappa shape index (κ1) is 32.5. The molecule has 0 saturated heterocycles. The Kier molecular flexibility index (Phi) is 8.62. The van der Waals surface area contributed by atoms with Gasteiger partial charge in [-0.15, -0.1) is 0 Å². The molecule has 3 heterocycles. The van der Waals surface area contributed by atoms with E-state index in [0.29, 0.717) is 10.1 Å². The number of carbonyl (C=O) groups is 1. The Labute approximate surface area is 292 Å². The van der Waals surface area contributed by atoms with Crippen LogP contribution in [0.1, 0.15) is 77.9 Å². The molecule has 0 radical (unpaired) electrons. The van der Waals surface area contributed by atoms with Crippen LogP contribution in [0.15, 0.2) is 105 Å². The number of allylic oxidation sites excluding steroid dienone is 1. The number of fused-ring (bicyclic) bond motifs is 2. The molecule has 2 atom stereocenters. The number of hydrazone groups is 1. The van der Waals surface area contributed by atoms with Crippen LogP contribution in [0.5, 0.6) is 0 Å². The highest BCUT2D eigenvalue weighted by molar-refractivity contribution is 9.10. The number of aromatic nitrogens is 3. The lowest BCUT2D eigenvalue weighted by Gasteiger charge is -2.29. The molecule has 1 fully saturated rings. The second-order valence-corrected chi connectivity index (χ2v) is 14.3. The number of nitrogens with zero attached hydrogens (tertiary/aromatic N) is 5. The van der Waals surface area contributed by atoms with E-state index in [1.807, 2.05) is 74.5 Å². The van der Waals surface area contributed by atoms with E-state index in [9.17, 15) is 18.0 Å². The molecule has 1 amide bonds. The molecule has 48 heavy (non-hydrogen) atoms. The van der Waals surface area contributed by atoms with Gasteiger partial charge in [-0.05, 0) is 83.9 Å². The van der Waals surface area contributed by atoms with E-state index in [0.717, 1.165) is 62.2 Å². The summed E-state index contributed by atoms with van der Waals surface area (Å²) in [4.78, 5) is 18.9. The number of halogens is 5. The van der Waals surface area contributed by atoms with Gasteiger partial charge in [0.25, 0.3) is 5.91 Å². The maximum atomic E-state index is 14.4. The minimum atomic E-state index is -4.74. The summed E-state index contributed by atoms with van der Waals surface area (Å²) in [6.45, 7) is 4.10. The summed E-state index contributed by atoms with van der Waals surface area (Å²) < 4.78 is 45.9. The molecule has 0 N–H and O–H groups in total. The quantitative estimate of drug-likeness (QED) is 0.179. The Morgan fingerprint density at radius 2 is 1.60 bits per heavy atom. The third-order valence-electron chi connectivity index (χ3n) is 8.94. The zero-order valence-electron chi connectivity index (χ0n) is 26.0. The monoisotopic (exact) mass is 775 g/mol. The first-order valence-corrected chi connectivity index (χ1v) is 17.3. The van der Waals surface area contributed by atoms with Crippen molar-refractivity contribution in [2.45, 2.75) is 51.2 Å². The summed E-state index contributed by atoms with van der Waals surface area (Å²) in [6.07, 6.45) is -0.117. The molecule has 2 aliphatic rings. The van der Waals surface area contributed by atoms with Crippen molar-refractivity contribution in [3.63, 3.8) is 0 Å².